The molecule has 0 aromatic heterocycles. The van der Waals surface area contributed by atoms with E-state index in [0.29, 0.717) is 0.928 Å². The van der Waals surface area contributed by atoms with Gasteiger partial charge in [0.1, 0.15) is 0 Å². The fourth-order valence-corrected chi connectivity index (χ4v) is 110. The van der Waals surface area contributed by atoms with E-state index in [9.17, 15) is 0 Å². The van der Waals surface area contributed by atoms with E-state index < -0.39 is 39.9 Å². The Balaban J connectivity index is 1.97. The van der Waals surface area contributed by atoms with E-state index in [4.69, 9.17) is 0 Å². The van der Waals surface area contributed by atoms with Crippen molar-refractivity contribution in [2.45, 2.75) is 118 Å². The van der Waals surface area contributed by atoms with Gasteiger partial charge in [0.05, 0.1) is 0 Å². The second kappa shape index (κ2) is 14.2. The van der Waals surface area contributed by atoms with Crippen molar-refractivity contribution in [2.24, 2.45) is 0 Å². The first-order valence-corrected chi connectivity index (χ1v) is 34.4. The maximum atomic E-state index is 2.94. The molecule has 2 atom stereocenters. The number of rotatable bonds is 16. The zero-order valence-electron chi connectivity index (χ0n) is 26.1. The predicted molar refractivity (Wildman–Crippen MR) is 169 cm³/mol. The van der Waals surface area contributed by atoms with Crippen molar-refractivity contribution >= 4 is 12.2 Å². The monoisotopic (exact) mass is 860 g/mol. The van der Waals surface area contributed by atoms with Gasteiger partial charge in [0.2, 0.25) is 0 Å². The van der Waals surface area contributed by atoms with Gasteiger partial charge in [-0.3, -0.25) is 0 Å². The molecule has 0 radical (unpaired) electrons. The molecule has 2 aliphatic carbocycles. The molecular weight excluding hydrogens is 801 g/mol. The van der Waals surface area contributed by atoms with Gasteiger partial charge < -0.3 is 0 Å². The molecule has 212 valence electrons. The molecule has 0 heterocycles. The van der Waals surface area contributed by atoms with Gasteiger partial charge in [-0.1, -0.05) is 0 Å². The second-order valence-corrected chi connectivity index (χ2v) is 57.0. The normalized spacial score (nSPS) is 18.5. The van der Waals surface area contributed by atoms with E-state index in [-0.39, 0.29) is 0 Å². The summed E-state index contributed by atoms with van der Waals surface area (Å²) in [7, 11) is 0. The molecule has 39 heavy (non-hydrogen) atoms. The molecule has 0 nitrogen and oxygen atoms in total. The average molecular weight is 858 g/mol. The molecule has 0 aliphatic heterocycles. The van der Waals surface area contributed by atoms with Crippen molar-refractivity contribution in [3.8, 4) is 0 Å². The molecule has 2 unspecified atom stereocenters. The Labute approximate surface area is 250 Å². The van der Waals surface area contributed by atoms with Crippen molar-refractivity contribution in [3.05, 3.63) is 82.9 Å². The van der Waals surface area contributed by atoms with Crippen LogP contribution in [0.15, 0.2) is 60.7 Å². The van der Waals surface area contributed by atoms with Crippen LogP contribution in [0.3, 0.4) is 0 Å². The molecule has 2 aromatic carbocycles. The number of benzene rings is 2. The first kappa shape index (κ1) is 31.6. The third kappa shape index (κ3) is 5.96. The van der Waals surface area contributed by atoms with Crippen LogP contribution in [0.4, 0.5) is 0 Å². The summed E-state index contributed by atoms with van der Waals surface area (Å²) in [6.07, 6.45) is 21.8. The molecule has 0 saturated carbocycles. The van der Waals surface area contributed by atoms with Crippen molar-refractivity contribution in [3.63, 3.8) is 0 Å². The van der Waals surface area contributed by atoms with Gasteiger partial charge in [0.15, 0.2) is 0 Å². The van der Waals surface area contributed by atoms with Crippen molar-refractivity contribution in [2.75, 3.05) is 0 Å². The minimum atomic E-state index is -3.12. The summed E-state index contributed by atoms with van der Waals surface area (Å²) in [6.45, 7) is 15.7. The average Bonchev–Trinajstić information content (AvgIpc) is 3.59. The zero-order valence-corrected chi connectivity index (χ0v) is 33.3. The van der Waals surface area contributed by atoms with Crippen molar-refractivity contribution in [1.82, 2.24) is 0 Å². The van der Waals surface area contributed by atoms with E-state index in [0.717, 1.165) is 7.35 Å². The van der Waals surface area contributed by atoms with Crippen LogP contribution >= 0.6 is 0 Å². The van der Waals surface area contributed by atoms with Gasteiger partial charge in [0.25, 0.3) is 0 Å². The van der Waals surface area contributed by atoms with E-state index in [1.807, 2.05) is 0 Å². The molecule has 2 aliphatic rings. The Morgan fingerprint density at radius 1 is 0.538 bits per heavy atom. The Bertz CT molecular complexity index is 1020. The van der Waals surface area contributed by atoms with Crippen molar-refractivity contribution in [1.29, 1.82) is 0 Å². The number of fused-ring (bicyclic) bond motifs is 2. The Morgan fingerprint density at radius 2 is 0.872 bits per heavy atom. The fraction of sp³-hybridized carbons (Fsp3) is 0.568. The summed E-state index contributed by atoms with van der Waals surface area (Å²) in [6, 6.07) is 19.1. The van der Waals surface area contributed by atoms with E-state index >= 15 is 0 Å². The van der Waals surface area contributed by atoms with Gasteiger partial charge in [-0.2, -0.15) is 0 Å². The molecule has 2 aromatic rings. The zero-order chi connectivity index (χ0) is 27.9. The Kier molecular flexibility index (Phi) is 11.5. The van der Waals surface area contributed by atoms with Crippen LogP contribution in [-0.2, 0) is 39.9 Å². The third-order valence-electron chi connectivity index (χ3n) is 11.2. The summed E-state index contributed by atoms with van der Waals surface area (Å²) < 4.78 is 8.51. The van der Waals surface area contributed by atoms with Gasteiger partial charge >= 0.3 is 253 Å². The number of unbranched alkanes of at least 4 members (excludes halogenated alkanes) is 4. The van der Waals surface area contributed by atoms with Crippen LogP contribution in [0.1, 0.15) is 123 Å². The molecule has 0 bridgehead atoms. The van der Waals surface area contributed by atoms with Crippen molar-refractivity contribution < 1.29 is 39.9 Å². The minimum absolute atomic E-state index is 0.591. The predicted octanol–water partition coefficient (Wildman–Crippen LogP) is 12.9. The van der Waals surface area contributed by atoms with Crippen LogP contribution in [0.2, 0.25) is 17.6 Å². The van der Waals surface area contributed by atoms with E-state index in [1.165, 1.54) is 62.5 Å². The molecule has 0 amide bonds. The number of allylic oxidation sites excluding steroid dienone is 2. The van der Waals surface area contributed by atoms with Crippen LogP contribution in [0.5, 0.6) is 0 Å². The van der Waals surface area contributed by atoms with Gasteiger partial charge in [-0.15, -0.1) is 0 Å². The van der Waals surface area contributed by atoms with Crippen LogP contribution in [-0.4, -0.2) is 0 Å². The molecule has 2 heteroatoms. The second-order valence-electron chi connectivity index (χ2n) is 13.3. The summed E-state index contributed by atoms with van der Waals surface area (Å²) in [5, 5.41) is 0. The maximum absolute atomic E-state index is 3.12. The summed E-state index contributed by atoms with van der Waals surface area (Å²) in [5.41, 5.74) is 6.50. The molecule has 0 spiro atoms. The number of hydrogen-bond acceptors (Lipinski definition) is 0. The quantitative estimate of drug-likeness (QED) is 0.148. The summed E-state index contributed by atoms with van der Waals surface area (Å²) in [4.78, 5) is 0. The molecule has 4 rings (SSSR count). The van der Waals surface area contributed by atoms with Crippen LogP contribution in [0, 0.1) is 0 Å². The SMILES string of the molecule is CCC[CH2][Hf]([CH2]CCC)([CH]1C=Cc2ccccc21)[C](C)(C)[Hf]([CH2]CCC)([CH2]CCC)[CH]1C=Cc2ccccc21. The summed E-state index contributed by atoms with van der Waals surface area (Å²) >= 11 is -6.23. The fourth-order valence-electron chi connectivity index (χ4n) is 8.83. The first-order chi connectivity index (χ1) is 18.9. The summed E-state index contributed by atoms with van der Waals surface area (Å²) in [5.74, 6) is 0. The third-order valence-corrected chi connectivity index (χ3v) is 88.4. The van der Waals surface area contributed by atoms with Gasteiger partial charge in [0, 0.05) is 0 Å². The molecule has 0 fully saturated rings. The Hall–Kier alpha value is -0.340. The van der Waals surface area contributed by atoms with Gasteiger partial charge in [-0.25, -0.2) is 0 Å². The molecule has 0 saturated heterocycles. The standard InChI is InChI=1S/2C9H7.4C4H9.C3H6.2Hf/c2*1-2-5-9-7-3-6-8(9)4-1;4*1-3-4-2;1-3-2;;/h2*1-7H;4*1,3-4H2,2H3;1-2H3;;. The van der Waals surface area contributed by atoms with Gasteiger partial charge in [-0.05, 0) is 0 Å². The van der Waals surface area contributed by atoms with E-state index in [2.05, 4.69) is 114 Å². The van der Waals surface area contributed by atoms with Crippen LogP contribution in [0.25, 0.3) is 12.2 Å². The van der Waals surface area contributed by atoms with E-state index in [1.54, 1.807) is 27.8 Å². The molecular formula is C37H56Hf2. The first-order valence-electron chi connectivity index (χ1n) is 16.5. The molecule has 0 N–H and O–H groups in total. The number of hydrogen-bond donors (Lipinski definition) is 0. The Morgan fingerprint density at radius 3 is 1.21 bits per heavy atom. The van der Waals surface area contributed by atoms with Crippen LogP contribution < -0.4 is 0 Å². The topological polar surface area (TPSA) is 0 Å².